The molecule has 32 nitrogen and oxygen atoms in total. The Labute approximate surface area is 580 Å². The summed E-state index contributed by atoms with van der Waals surface area (Å²) < 4.78 is 25.1. The molecule has 0 aliphatic carbocycles. The summed E-state index contributed by atoms with van der Waals surface area (Å²) in [7, 11) is -1.11. The molecule has 7 rings (SSSR count). The van der Waals surface area contributed by atoms with Gasteiger partial charge >= 0.3 is 0 Å². The third-order valence-electron chi connectivity index (χ3n) is 18.5. The number of carbonyl (C=O) groups is 12. The maximum absolute atomic E-state index is 15.4. The van der Waals surface area contributed by atoms with Crippen molar-refractivity contribution in [3.8, 4) is 5.75 Å². The Balaban J connectivity index is 1.11. The molecule has 3 aromatic rings. The van der Waals surface area contributed by atoms with Gasteiger partial charge in [-0.1, -0.05) is 59.6 Å². The van der Waals surface area contributed by atoms with Crippen molar-refractivity contribution in [2.45, 2.75) is 185 Å². The molecular weight excluding hydrogens is 1320 g/mol. The van der Waals surface area contributed by atoms with Crippen LogP contribution in [0.15, 0.2) is 41.6 Å². The van der Waals surface area contributed by atoms with Crippen molar-refractivity contribution in [2.24, 2.45) is 11.8 Å². The number of ether oxygens (including phenoxy) is 3. The van der Waals surface area contributed by atoms with E-state index in [2.05, 4.69) is 63.1 Å². The number of carbonyl (C=O) groups excluding carboxylic acids is 12. The average Bonchev–Trinajstić information content (AvgIpc) is 1.67. The molecule has 34 heteroatoms. The summed E-state index contributed by atoms with van der Waals surface area (Å²) in [5.41, 5.74) is 1.26. The van der Waals surface area contributed by atoms with E-state index < -0.39 is 148 Å². The maximum Gasteiger partial charge on any atom is 0.253 e. The SMILES string of the molecule is CC[C@H](C)[C@H]1NC(=O)CNC(=O)[C@@H]2Cc3c([nH]c4cc(OC)ccc34)SC[C@H](NC(=O)CNC1=O)C(=O)N[C@@H](CC(=O)NCc1cn(CCOCCOCCNC(=O)CCCCCN3C(=O)C=CC3=O)nn1)C(=O)N1C[C@H](O)CC1C(=O)N[C@@H]([C@@H](C)[C@H](C)O[Si](C)(C)C(C)(C)C)C(=O)N2. The second-order valence-corrected chi connectivity index (χ2v) is 32.6. The lowest BCUT2D eigenvalue weighted by Gasteiger charge is -2.41. The molecule has 1 aromatic carbocycles. The van der Waals surface area contributed by atoms with E-state index in [-0.39, 0.29) is 80.9 Å². The first kappa shape index (κ1) is 78.0. The number of imide groups is 1. The highest BCUT2D eigenvalue weighted by Crippen LogP contribution is 2.39. The van der Waals surface area contributed by atoms with E-state index in [1.165, 1.54) is 28.8 Å². The highest BCUT2D eigenvalue weighted by molar-refractivity contribution is 7.99. The number of amides is 12. The third kappa shape index (κ3) is 22.1. The molecule has 544 valence electrons. The summed E-state index contributed by atoms with van der Waals surface area (Å²) in [5, 5.41) is 44.6. The first-order valence-electron chi connectivity index (χ1n) is 33.6. The molecule has 4 aliphatic heterocycles. The number of rotatable bonds is 26. The fraction of sp³-hybridized carbons (Fsp3) is 0.631. The van der Waals surface area contributed by atoms with Crippen LogP contribution in [0.2, 0.25) is 18.1 Å². The molecule has 4 aliphatic rings. The predicted octanol–water partition coefficient (Wildman–Crippen LogP) is -0.518. The molecule has 0 saturated carbocycles. The number of nitrogens with one attached hydrogen (secondary N) is 10. The predicted molar refractivity (Wildman–Crippen MR) is 363 cm³/mol. The van der Waals surface area contributed by atoms with Crippen LogP contribution < -0.4 is 52.6 Å². The zero-order chi connectivity index (χ0) is 72.3. The van der Waals surface area contributed by atoms with Gasteiger partial charge in [-0.2, -0.15) is 0 Å². The zero-order valence-corrected chi connectivity index (χ0v) is 59.8. The minimum atomic E-state index is -2.59. The number of methoxy groups -OCH3 is 1. The van der Waals surface area contributed by atoms with Gasteiger partial charge in [0.2, 0.25) is 59.1 Å². The number of unbranched alkanes of at least 4 members (excludes halogenated alkanes) is 2. The van der Waals surface area contributed by atoms with E-state index in [0.717, 1.165) is 16.7 Å². The van der Waals surface area contributed by atoms with Gasteiger partial charge in [-0.25, -0.2) is 4.68 Å². The number of hydrogen-bond acceptors (Lipinski definition) is 20. The number of hydrogen-bond donors (Lipinski definition) is 11. The highest BCUT2D eigenvalue weighted by Gasteiger charge is 2.46. The van der Waals surface area contributed by atoms with Crippen LogP contribution >= 0.6 is 11.8 Å². The molecule has 6 heterocycles. The summed E-state index contributed by atoms with van der Waals surface area (Å²) in [6, 6.07) is -3.90. The van der Waals surface area contributed by atoms with Gasteiger partial charge in [0.05, 0.1) is 89.0 Å². The maximum atomic E-state index is 15.4. The van der Waals surface area contributed by atoms with Crippen molar-refractivity contribution in [2.75, 3.05) is 72.0 Å². The van der Waals surface area contributed by atoms with Gasteiger partial charge in [-0.15, -0.1) is 16.9 Å². The van der Waals surface area contributed by atoms with Gasteiger partial charge in [-0.3, -0.25) is 62.4 Å². The number of fused-ring (bicyclic) bond motifs is 5. The van der Waals surface area contributed by atoms with Gasteiger partial charge in [-0.05, 0) is 61.5 Å². The molecule has 11 N–H and O–H groups in total. The molecule has 1 saturated heterocycles. The number of H-pyrrole nitrogens is 1. The molecule has 2 aromatic heterocycles. The standard InChI is InChI=1S/C65H97N15O17SSi/c1-11-37(2)56-61(91)69-32-52(84)70-48-36-98-63-44(43-17-16-42(94-8)28-45(43)73-63)29-46(58(88)68-33-53(85)74-56)71-62(92)57(38(3)39(4)97-99(9,10)65(5,6)7)75-60(90)49-27-41(81)35-80(49)64(93)47(72-59(48)89)30-51(83)67-31-40-34-78(77-76-40)22-24-96-26-25-95-23-20-66-50(82)15-13-12-14-21-79-54(86)18-19-55(79)87/h16-19,28,34,37-39,41,46-49,56-57,73,81H,11-15,20-27,29-33,35-36H2,1-10H3,(H,66,82)(H,67,83)(H,68,88)(H,69,91)(H,70,84)(H,71,92)(H,72,89)(H,74,85)(H,75,90)/t37-,38-,39-,41+,46-,47-,48-,49?,56+,57-/m0/s1. The zero-order valence-electron chi connectivity index (χ0n) is 58.0. The summed E-state index contributed by atoms with van der Waals surface area (Å²) >= 11 is 1.03. The van der Waals surface area contributed by atoms with Crippen LogP contribution in [0, 0.1) is 11.8 Å². The summed E-state index contributed by atoms with van der Waals surface area (Å²) in [6.07, 6.45) is 3.28. The number of thioether (sulfide) groups is 1. The van der Waals surface area contributed by atoms with E-state index in [4.69, 9.17) is 18.6 Å². The van der Waals surface area contributed by atoms with Crippen LogP contribution in [0.25, 0.3) is 10.9 Å². The van der Waals surface area contributed by atoms with Crippen molar-refractivity contribution in [3.05, 3.63) is 47.8 Å². The molecule has 0 spiro atoms. The lowest BCUT2D eigenvalue weighted by molar-refractivity contribution is -0.144. The fourth-order valence-corrected chi connectivity index (χ4v) is 13.9. The molecular formula is C65H97N15O17SSi. The van der Waals surface area contributed by atoms with E-state index >= 15 is 19.2 Å². The van der Waals surface area contributed by atoms with Crippen LogP contribution in [0.5, 0.6) is 5.75 Å². The summed E-state index contributed by atoms with van der Waals surface area (Å²) in [4.78, 5) is 172. The van der Waals surface area contributed by atoms with Gasteiger partial charge in [0.1, 0.15) is 47.7 Å². The molecule has 1 fully saturated rings. The van der Waals surface area contributed by atoms with Crippen molar-refractivity contribution in [1.82, 2.24) is 77.6 Å². The summed E-state index contributed by atoms with van der Waals surface area (Å²) in [6.45, 7) is 17.0. The van der Waals surface area contributed by atoms with Gasteiger partial charge in [0, 0.05) is 80.3 Å². The highest BCUT2D eigenvalue weighted by atomic mass is 32.2. The second kappa shape index (κ2) is 36.2. The van der Waals surface area contributed by atoms with Crippen molar-refractivity contribution < 1.29 is 81.3 Å². The smallest absolute Gasteiger partial charge is 0.253 e. The monoisotopic (exact) mass is 1420 g/mol. The number of aliphatic hydroxyl groups excluding tert-OH is 1. The van der Waals surface area contributed by atoms with Crippen LogP contribution in [-0.2, 0) is 90.9 Å². The van der Waals surface area contributed by atoms with Crippen molar-refractivity contribution >= 4 is 102 Å². The normalized spacial score (nSPS) is 22.8. The first-order chi connectivity index (χ1) is 47.0. The van der Waals surface area contributed by atoms with E-state index in [9.17, 15) is 43.5 Å². The Morgan fingerprint density at radius 2 is 1.47 bits per heavy atom. The molecule has 12 amide bonds. The fourth-order valence-electron chi connectivity index (χ4n) is 11.3. The lowest BCUT2D eigenvalue weighted by Crippen LogP contribution is -2.62. The van der Waals surface area contributed by atoms with Gasteiger partial charge in [0.25, 0.3) is 11.8 Å². The Kier molecular flexibility index (Phi) is 28.5. The minimum Gasteiger partial charge on any atom is -0.497 e. The number of aromatic amines is 1. The second-order valence-electron chi connectivity index (χ2n) is 26.8. The molecule has 10 atom stereocenters. The number of aromatic nitrogens is 4. The van der Waals surface area contributed by atoms with Gasteiger partial charge in [0.15, 0.2) is 8.32 Å². The van der Waals surface area contributed by atoms with E-state index in [0.29, 0.717) is 78.1 Å². The largest absolute Gasteiger partial charge is 0.497 e. The van der Waals surface area contributed by atoms with Crippen molar-refractivity contribution in [3.63, 3.8) is 0 Å². The van der Waals surface area contributed by atoms with Crippen molar-refractivity contribution in [1.29, 1.82) is 0 Å². The molecule has 1 unspecified atom stereocenters. The lowest BCUT2D eigenvalue weighted by atomic mass is 9.94. The first-order valence-corrected chi connectivity index (χ1v) is 37.5. The van der Waals surface area contributed by atoms with Crippen LogP contribution in [-0.4, -0.2) is 235 Å². The quantitative estimate of drug-likeness (QED) is 0.0274. The molecule has 99 heavy (non-hydrogen) atoms. The molecule has 2 bridgehead atoms. The Bertz CT molecular complexity index is 3430. The van der Waals surface area contributed by atoms with E-state index in [1.54, 1.807) is 52.1 Å². The minimum absolute atomic E-state index is 0.137. The van der Waals surface area contributed by atoms with Gasteiger partial charge < -0.3 is 81.5 Å². The number of aliphatic hydroxyl groups is 1. The Morgan fingerprint density at radius 1 is 0.778 bits per heavy atom. The Hall–Kier alpha value is -8.31. The number of nitrogens with zero attached hydrogens (tertiary/aromatic N) is 5. The van der Waals surface area contributed by atoms with Crippen LogP contribution in [0.4, 0.5) is 0 Å². The third-order valence-corrected chi connectivity index (χ3v) is 24.2. The van der Waals surface area contributed by atoms with E-state index in [1.807, 2.05) is 33.9 Å². The molecule has 0 radical (unpaired) electrons. The number of benzene rings is 1. The van der Waals surface area contributed by atoms with Crippen LogP contribution in [0.1, 0.15) is 105 Å². The topological polar surface area (TPSA) is 423 Å². The summed E-state index contributed by atoms with van der Waals surface area (Å²) in [5.74, 6) is -9.63. The average molecular weight is 1420 g/mol. The Morgan fingerprint density at radius 3 is 2.17 bits per heavy atom. The van der Waals surface area contributed by atoms with Crippen LogP contribution in [0.3, 0.4) is 0 Å².